The maximum atomic E-state index is 12.3. The predicted octanol–water partition coefficient (Wildman–Crippen LogP) is 2.81. The fraction of sp³-hybridized carbons (Fsp3) is 0.500. The van der Waals surface area contributed by atoms with Crippen molar-refractivity contribution in [2.45, 2.75) is 31.7 Å². The third-order valence-electron chi connectivity index (χ3n) is 4.07. The summed E-state index contributed by atoms with van der Waals surface area (Å²) in [5.74, 6) is 0.837. The molecule has 0 spiro atoms. The van der Waals surface area contributed by atoms with Crippen LogP contribution in [0, 0.1) is 0 Å². The minimum atomic E-state index is 0. The number of hydrogen-bond donors (Lipinski definition) is 1. The van der Waals surface area contributed by atoms with E-state index in [9.17, 15) is 4.79 Å². The molecule has 0 saturated carbocycles. The molecule has 5 nitrogen and oxygen atoms in total. The lowest BCUT2D eigenvalue weighted by Gasteiger charge is -2.32. The number of halogens is 2. The molecule has 23 heavy (non-hydrogen) atoms. The first-order valence-electron chi connectivity index (χ1n) is 7.56. The highest BCUT2D eigenvalue weighted by atomic mass is 35.5. The molecule has 7 heteroatoms. The second kappa shape index (κ2) is 9.11. The number of aromatic nitrogens is 1. The van der Waals surface area contributed by atoms with E-state index < -0.39 is 0 Å². The predicted molar refractivity (Wildman–Crippen MR) is 95.5 cm³/mol. The van der Waals surface area contributed by atoms with Crippen LogP contribution in [-0.2, 0) is 11.2 Å². The average Bonchev–Trinajstić information content (AvgIpc) is 2.95. The van der Waals surface area contributed by atoms with E-state index in [1.165, 1.54) is 0 Å². The van der Waals surface area contributed by atoms with Crippen LogP contribution in [-0.4, -0.2) is 42.0 Å². The summed E-state index contributed by atoms with van der Waals surface area (Å²) in [6, 6.07) is 8.11. The fourth-order valence-corrected chi connectivity index (χ4v) is 2.84. The molecule has 1 aromatic heterocycles. The number of amides is 1. The topological polar surface area (TPSA) is 58.4 Å². The molecule has 1 fully saturated rings. The number of piperidine rings is 1. The van der Waals surface area contributed by atoms with Gasteiger partial charge in [-0.3, -0.25) is 4.79 Å². The smallest absolute Gasteiger partial charge is 0.223 e. The van der Waals surface area contributed by atoms with Crippen LogP contribution < -0.4 is 5.32 Å². The van der Waals surface area contributed by atoms with Crippen molar-refractivity contribution in [3.05, 3.63) is 30.2 Å². The van der Waals surface area contributed by atoms with Crippen molar-refractivity contribution in [3.8, 4) is 0 Å². The van der Waals surface area contributed by atoms with E-state index in [0.29, 0.717) is 24.8 Å². The van der Waals surface area contributed by atoms with Crippen LogP contribution in [0.4, 0.5) is 0 Å². The number of aryl methyl sites for hydroxylation is 1. The van der Waals surface area contributed by atoms with Crippen molar-refractivity contribution in [2.75, 3.05) is 20.1 Å². The lowest BCUT2D eigenvalue weighted by molar-refractivity contribution is -0.132. The van der Waals surface area contributed by atoms with Crippen LogP contribution >= 0.6 is 24.8 Å². The van der Waals surface area contributed by atoms with Gasteiger partial charge in [0, 0.05) is 32.0 Å². The Bertz CT molecular complexity index is 600. The summed E-state index contributed by atoms with van der Waals surface area (Å²) in [6.07, 6.45) is 3.24. The molecule has 1 aliphatic heterocycles. The van der Waals surface area contributed by atoms with E-state index in [4.69, 9.17) is 4.42 Å². The summed E-state index contributed by atoms with van der Waals surface area (Å²) in [5.41, 5.74) is 1.64. The van der Waals surface area contributed by atoms with Crippen molar-refractivity contribution in [1.29, 1.82) is 0 Å². The van der Waals surface area contributed by atoms with Crippen LogP contribution in [0.3, 0.4) is 0 Å². The van der Waals surface area contributed by atoms with Gasteiger partial charge >= 0.3 is 0 Å². The summed E-state index contributed by atoms with van der Waals surface area (Å²) < 4.78 is 5.65. The Morgan fingerprint density at radius 2 is 2.17 bits per heavy atom. The molecule has 2 heterocycles. The summed E-state index contributed by atoms with van der Waals surface area (Å²) in [4.78, 5) is 18.6. The van der Waals surface area contributed by atoms with E-state index in [1.807, 2.05) is 36.2 Å². The van der Waals surface area contributed by atoms with Gasteiger partial charge in [0.1, 0.15) is 5.52 Å². The van der Waals surface area contributed by atoms with Crippen molar-refractivity contribution in [1.82, 2.24) is 15.2 Å². The molecule has 1 aromatic carbocycles. The first-order valence-corrected chi connectivity index (χ1v) is 7.56. The normalized spacial score (nSPS) is 17.4. The quantitative estimate of drug-likeness (QED) is 0.911. The number of para-hydroxylation sites is 2. The molecule has 1 saturated heterocycles. The number of nitrogens with one attached hydrogen (secondary N) is 1. The highest BCUT2D eigenvalue weighted by Crippen LogP contribution is 2.17. The Labute approximate surface area is 148 Å². The van der Waals surface area contributed by atoms with Gasteiger partial charge in [-0.25, -0.2) is 4.98 Å². The van der Waals surface area contributed by atoms with Crippen LogP contribution in [0.2, 0.25) is 0 Å². The SMILES string of the molecule is CNC1CCCN(C(=O)CCc2nc3ccccc3o2)C1.Cl.Cl. The zero-order valence-electron chi connectivity index (χ0n) is 13.2. The first-order chi connectivity index (χ1) is 10.3. The van der Waals surface area contributed by atoms with Crippen LogP contribution in [0.1, 0.15) is 25.2 Å². The minimum absolute atomic E-state index is 0. The Morgan fingerprint density at radius 1 is 1.39 bits per heavy atom. The van der Waals surface area contributed by atoms with Gasteiger partial charge in [-0.1, -0.05) is 12.1 Å². The number of likely N-dealkylation sites (N-methyl/N-ethyl adjacent to an activating group) is 1. The van der Waals surface area contributed by atoms with Crippen molar-refractivity contribution >= 4 is 41.8 Å². The number of benzene rings is 1. The molecular formula is C16H23Cl2N3O2. The van der Waals surface area contributed by atoms with Gasteiger partial charge in [-0.05, 0) is 32.0 Å². The molecule has 0 aliphatic carbocycles. The summed E-state index contributed by atoms with van der Waals surface area (Å²) in [7, 11) is 1.96. The number of hydrogen-bond acceptors (Lipinski definition) is 4. The van der Waals surface area contributed by atoms with Gasteiger partial charge in [0.2, 0.25) is 5.91 Å². The second-order valence-corrected chi connectivity index (χ2v) is 5.54. The third-order valence-corrected chi connectivity index (χ3v) is 4.07. The van der Waals surface area contributed by atoms with Crippen molar-refractivity contribution < 1.29 is 9.21 Å². The van der Waals surface area contributed by atoms with Gasteiger partial charge in [0.05, 0.1) is 0 Å². The van der Waals surface area contributed by atoms with Crippen LogP contribution in [0.5, 0.6) is 0 Å². The van der Waals surface area contributed by atoms with E-state index >= 15 is 0 Å². The number of carbonyl (C=O) groups is 1. The Hall–Kier alpha value is -1.30. The highest BCUT2D eigenvalue weighted by Gasteiger charge is 2.22. The second-order valence-electron chi connectivity index (χ2n) is 5.54. The molecule has 2 aromatic rings. The number of carbonyl (C=O) groups excluding carboxylic acids is 1. The molecule has 1 atom stereocenters. The average molecular weight is 360 g/mol. The molecule has 1 N–H and O–H groups in total. The molecular weight excluding hydrogens is 337 g/mol. The molecule has 3 rings (SSSR count). The van der Waals surface area contributed by atoms with E-state index in [-0.39, 0.29) is 30.7 Å². The Morgan fingerprint density at radius 3 is 2.91 bits per heavy atom. The number of likely N-dealkylation sites (tertiary alicyclic amines) is 1. The maximum Gasteiger partial charge on any atom is 0.223 e. The van der Waals surface area contributed by atoms with E-state index in [2.05, 4.69) is 10.3 Å². The molecule has 0 radical (unpaired) electrons. The van der Waals surface area contributed by atoms with Crippen LogP contribution in [0.25, 0.3) is 11.1 Å². The van der Waals surface area contributed by atoms with E-state index in [1.54, 1.807) is 0 Å². The zero-order valence-corrected chi connectivity index (χ0v) is 14.8. The van der Waals surface area contributed by atoms with Crippen molar-refractivity contribution in [2.24, 2.45) is 0 Å². The van der Waals surface area contributed by atoms with Crippen LogP contribution in [0.15, 0.2) is 28.7 Å². The van der Waals surface area contributed by atoms with Crippen molar-refractivity contribution in [3.63, 3.8) is 0 Å². The van der Waals surface area contributed by atoms with E-state index in [0.717, 1.165) is 37.0 Å². The number of rotatable bonds is 4. The standard InChI is InChI=1S/C16H21N3O2.2ClH/c1-17-12-5-4-10-19(11-12)16(20)9-8-15-18-13-6-2-3-7-14(13)21-15;;/h2-3,6-7,12,17H,4-5,8-11H2,1H3;2*1H. The largest absolute Gasteiger partial charge is 0.441 e. The third kappa shape index (κ3) is 4.83. The van der Waals surface area contributed by atoms with Gasteiger partial charge in [0.25, 0.3) is 0 Å². The lowest BCUT2D eigenvalue weighted by atomic mass is 10.1. The first kappa shape index (κ1) is 19.7. The Kier molecular flexibility index (Phi) is 7.82. The summed E-state index contributed by atoms with van der Waals surface area (Å²) >= 11 is 0. The van der Waals surface area contributed by atoms with Gasteiger partial charge in [-0.15, -0.1) is 24.8 Å². The maximum absolute atomic E-state index is 12.3. The molecule has 1 aliphatic rings. The Balaban J connectivity index is 0.00000132. The number of nitrogens with zero attached hydrogens (tertiary/aromatic N) is 2. The molecule has 1 amide bonds. The molecule has 1 unspecified atom stereocenters. The lowest BCUT2D eigenvalue weighted by Crippen LogP contribution is -2.47. The highest BCUT2D eigenvalue weighted by molar-refractivity contribution is 5.85. The summed E-state index contributed by atoms with van der Waals surface area (Å²) in [5, 5.41) is 3.26. The van der Waals surface area contributed by atoms with Gasteiger partial charge in [-0.2, -0.15) is 0 Å². The van der Waals surface area contributed by atoms with Gasteiger partial charge in [0.15, 0.2) is 11.5 Å². The zero-order chi connectivity index (χ0) is 14.7. The minimum Gasteiger partial charge on any atom is -0.441 e. The molecule has 0 bridgehead atoms. The summed E-state index contributed by atoms with van der Waals surface area (Å²) in [6.45, 7) is 1.67. The number of oxazole rings is 1. The molecule has 128 valence electrons. The monoisotopic (exact) mass is 359 g/mol. The fourth-order valence-electron chi connectivity index (χ4n) is 2.84. The van der Waals surface area contributed by atoms with Gasteiger partial charge < -0.3 is 14.6 Å². The number of fused-ring (bicyclic) bond motifs is 1.